The minimum Gasteiger partial charge on any atom is -0.488 e. The van der Waals surface area contributed by atoms with E-state index in [0.717, 1.165) is 53.5 Å². The molecule has 0 amide bonds. The van der Waals surface area contributed by atoms with Gasteiger partial charge in [-0.1, -0.05) is 42.5 Å². The lowest BCUT2D eigenvalue weighted by Gasteiger charge is -2.18. The molecular formula is C25H22O3. The molecule has 0 unspecified atom stereocenters. The fourth-order valence-corrected chi connectivity index (χ4v) is 4.36. The van der Waals surface area contributed by atoms with Crippen LogP contribution in [0.3, 0.4) is 0 Å². The summed E-state index contributed by atoms with van der Waals surface area (Å²) in [6, 6.07) is 18.6. The first-order valence-electron chi connectivity index (χ1n) is 9.90. The quantitative estimate of drug-likeness (QED) is 0.434. The Morgan fingerprint density at radius 3 is 2.57 bits per heavy atom. The SMILES string of the molecule is Cc1c(OCc2cccc3ccccc23)ccc2c3c(c(=O)oc12)CCCC3. The minimum atomic E-state index is -0.184. The van der Waals surface area contributed by atoms with Crippen molar-refractivity contribution in [1.29, 1.82) is 0 Å². The van der Waals surface area contributed by atoms with Crippen LogP contribution in [0.15, 0.2) is 63.8 Å². The summed E-state index contributed by atoms with van der Waals surface area (Å²) in [4.78, 5) is 12.5. The van der Waals surface area contributed by atoms with E-state index in [-0.39, 0.29) is 5.63 Å². The highest BCUT2D eigenvalue weighted by atomic mass is 16.5. The summed E-state index contributed by atoms with van der Waals surface area (Å²) >= 11 is 0. The molecule has 0 saturated heterocycles. The van der Waals surface area contributed by atoms with Crippen molar-refractivity contribution >= 4 is 21.7 Å². The third kappa shape index (κ3) is 2.78. The molecule has 0 saturated carbocycles. The Labute approximate surface area is 163 Å². The van der Waals surface area contributed by atoms with Crippen molar-refractivity contribution in [2.24, 2.45) is 0 Å². The normalized spacial score (nSPS) is 13.6. The standard InChI is InChI=1S/C25H22O3/c1-16-23(27-15-18-9-6-8-17-7-2-3-10-19(17)18)14-13-21-20-11-4-5-12-22(20)25(26)28-24(16)21/h2-3,6-10,13-14H,4-5,11-12,15H2,1H3. The molecule has 0 spiro atoms. The fourth-order valence-electron chi connectivity index (χ4n) is 4.36. The van der Waals surface area contributed by atoms with E-state index in [9.17, 15) is 4.79 Å². The number of rotatable bonds is 3. The van der Waals surface area contributed by atoms with Gasteiger partial charge < -0.3 is 9.15 Å². The van der Waals surface area contributed by atoms with E-state index in [0.29, 0.717) is 12.2 Å². The Balaban J connectivity index is 1.53. The van der Waals surface area contributed by atoms with E-state index in [2.05, 4.69) is 30.3 Å². The van der Waals surface area contributed by atoms with Crippen molar-refractivity contribution in [3.8, 4) is 5.75 Å². The molecule has 0 bridgehead atoms. The van der Waals surface area contributed by atoms with E-state index in [4.69, 9.17) is 9.15 Å². The van der Waals surface area contributed by atoms with E-state index in [1.165, 1.54) is 16.3 Å². The average molecular weight is 370 g/mol. The Kier molecular flexibility index (Phi) is 4.16. The van der Waals surface area contributed by atoms with Gasteiger partial charge in [-0.3, -0.25) is 0 Å². The van der Waals surface area contributed by atoms with Crippen LogP contribution in [0.4, 0.5) is 0 Å². The molecule has 140 valence electrons. The molecule has 0 aliphatic heterocycles. The summed E-state index contributed by atoms with van der Waals surface area (Å²) in [5, 5.41) is 3.46. The molecule has 3 aromatic carbocycles. The zero-order chi connectivity index (χ0) is 19.1. The molecule has 0 radical (unpaired) electrons. The van der Waals surface area contributed by atoms with Crippen LogP contribution in [0, 0.1) is 6.92 Å². The van der Waals surface area contributed by atoms with Crippen molar-refractivity contribution < 1.29 is 9.15 Å². The highest BCUT2D eigenvalue weighted by molar-refractivity contribution is 5.87. The molecule has 1 aliphatic carbocycles. The van der Waals surface area contributed by atoms with E-state index in [1.54, 1.807) is 0 Å². The molecule has 0 N–H and O–H groups in total. The number of fused-ring (bicyclic) bond motifs is 4. The van der Waals surface area contributed by atoms with Gasteiger partial charge in [-0.05, 0) is 66.6 Å². The van der Waals surface area contributed by atoms with Crippen LogP contribution in [-0.4, -0.2) is 0 Å². The second kappa shape index (κ2) is 6.83. The molecule has 3 nitrogen and oxygen atoms in total. The van der Waals surface area contributed by atoms with Crippen molar-refractivity contribution in [2.75, 3.05) is 0 Å². The second-order valence-corrected chi connectivity index (χ2v) is 7.55. The molecule has 1 aliphatic rings. The van der Waals surface area contributed by atoms with Gasteiger partial charge in [-0.2, -0.15) is 0 Å². The van der Waals surface area contributed by atoms with Crippen LogP contribution in [0.2, 0.25) is 0 Å². The number of hydrogen-bond acceptors (Lipinski definition) is 3. The first-order chi connectivity index (χ1) is 13.7. The summed E-state index contributed by atoms with van der Waals surface area (Å²) in [5.74, 6) is 0.763. The van der Waals surface area contributed by atoms with Gasteiger partial charge in [0.05, 0.1) is 0 Å². The number of ether oxygens (including phenoxy) is 1. The Hall–Kier alpha value is -3.07. The molecule has 0 atom stereocenters. The van der Waals surface area contributed by atoms with Crippen molar-refractivity contribution in [3.05, 3.63) is 87.3 Å². The maximum Gasteiger partial charge on any atom is 0.339 e. The van der Waals surface area contributed by atoms with Gasteiger partial charge in [0.15, 0.2) is 0 Å². The number of aryl methyl sites for hydroxylation is 2. The Bertz CT molecular complexity index is 1240. The number of benzene rings is 3. The summed E-state index contributed by atoms with van der Waals surface area (Å²) in [5.41, 5.74) is 4.55. The third-order valence-corrected chi connectivity index (χ3v) is 5.85. The Morgan fingerprint density at radius 1 is 0.893 bits per heavy atom. The maximum absolute atomic E-state index is 12.5. The van der Waals surface area contributed by atoms with Crippen molar-refractivity contribution in [1.82, 2.24) is 0 Å². The van der Waals surface area contributed by atoms with Crippen LogP contribution in [-0.2, 0) is 19.4 Å². The zero-order valence-corrected chi connectivity index (χ0v) is 16.0. The lowest BCUT2D eigenvalue weighted by atomic mass is 9.90. The summed E-state index contributed by atoms with van der Waals surface area (Å²) in [7, 11) is 0. The smallest absolute Gasteiger partial charge is 0.339 e. The predicted molar refractivity (Wildman–Crippen MR) is 112 cm³/mol. The maximum atomic E-state index is 12.5. The van der Waals surface area contributed by atoms with Crippen molar-refractivity contribution in [3.63, 3.8) is 0 Å². The molecule has 3 heteroatoms. The van der Waals surface area contributed by atoms with Crippen LogP contribution in [0.5, 0.6) is 5.75 Å². The fraction of sp³-hybridized carbons (Fsp3) is 0.240. The van der Waals surface area contributed by atoms with E-state index in [1.807, 2.05) is 31.2 Å². The molecular weight excluding hydrogens is 348 g/mol. The topological polar surface area (TPSA) is 39.4 Å². The third-order valence-electron chi connectivity index (χ3n) is 5.85. The van der Waals surface area contributed by atoms with Crippen LogP contribution in [0.25, 0.3) is 21.7 Å². The van der Waals surface area contributed by atoms with E-state index >= 15 is 0 Å². The first-order valence-corrected chi connectivity index (χ1v) is 9.90. The largest absolute Gasteiger partial charge is 0.488 e. The second-order valence-electron chi connectivity index (χ2n) is 7.55. The van der Waals surface area contributed by atoms with Gasteiger partial charge in [-0.25, -0.2) is 4.79 Å². The molecule has 5 rings (SSSR count). The lowest BCUT2D eigenvalue weighted by Crippen LogP contribution is -2.16. The van der Waals surface area contributed by atoms with Gasteiger partial charge in [0, 0.05) is 16.5 Å². The monoisotopic (exact) mass is 370 g/mol. The first kappa shape index (κ1) is 17.1. The van der Waals surface area contributed by atoms with Crippen LogP contribution < -0.4 is 10.4 Å². The summed E-state index contributed by atoms with van der Waals surface area (Å²) < 4.78 is 11.9. The lowest BCUT2D eigenvalue weighted by molar-refractivity contribution is 0.305. The summed E-state index contributed by atoms with van der Waals surface area (Å²) in [6.07, 6.45) is 3.97. The summed E-state index contributed by atoms with van der Waals surface area (Å²) in [6.45, 7) is 2.45. The van der Waals surface area contributed by atoms with Crippen LogP contribution in [0.1, 0.15) is 35.1 Å². The molecule has 1 aromatic heterocycles. The predicted octanol–water partition coefficient (Wildman–Crippen LogP) is 5.71. The van der Waals surface area contributed by atoms with Gasteiger partial charge in [0.1, 0.15) is 17.9 Å². The molecule has 28 heavy (non-hydrogen) atoms. The van der Waals surface area contributed by atoms with Gasteiger partial charge >= 0.3 is 5.63 Å². The Morgan fingerprint density at radius 2 is 1.68 bits per heavy atom. The molecule has 4 aromatic rings. The average Bonchev–Trinajstić information content (AvgIpc) is 2.74. The molecule has 0 fully saturated rings. The highest BCUT2D eigenvalue weighted by Crippen LogP contribution is 2.33. The zero-order valence-electron chi connectivity index (χ0n) is 16.0. The number of hydrogen-bond donors (Lipinski definition) is 0. The molecule has 1 heterocycles. The highest BCUT2D eigenvalue weighted by Gasteiger charge is 2.20. The van der Waals surface area contributed by atoms with Crippen molar-refractivity contribution in [2.45, 2.75) is 39.2 Å². The van der Waals surface area contributed by atoms with Gasteiger partial charge in [-0.15, -0.1) is 0 Å². The van der Waals surface area contributed by atoms with E-state index < -0.39 is 0 Å². The van der Waals surface area contributed by atoms with Gasteiger partial charge in [0.2, 0.25) is 0 Å². The minimum absolute atomic E-state index is 0.184. The van der Waals surface area contributed by atoms with Crippen LogP contribution >= 0.6 is 0 Å². The van der Waals surface area contributed by atoms with Gasteiger partial charge in [0.25, 0.3) is 0 Å².